The summed E-state index contributed by atoms with van der Waals surface area (Å²) in [6.07, 6.45) is 3.78. The van der Waals surface area contributed by atoms with Gasteiger partial charge in [-0.15, -0.1) is 0 Å². The Kier molecular flexibility index (Phi) is 4.24. The van der Waals surface area contributed by atoms with Crippen LogP contribution in [0.1, 0.15) is 13.8 Å². The topological polar surface area (TPSA) is 58.3 Å². The van der Waals surface area contributed by atoms with E-state index in [9.17, 15) is 0 Å². The minimum Gasteiger partial charge on any atom is -0.399 e. The van der Waals surface area contributed by atoms with E-state index >= 15 is 0 Å². The van der Waals surface area contributed by atoms with E-state index in [4.69, 9.17) is 5.73 Å². The molecule has 3 rings (SSSR count). The van der Waals surface area contributed by atoms with E-state index in [0.717, 1.165) is 48.9 Å². The summed E-state index contributed by atoms with van der Waals surface area (Å²) in [6.45, 7) is 8.60. The summed E-state index contributed by atoms with van der Waals surface area (Å²) in [4.78, 5) is 13.8. The summed E-state index contributed by atoms with van der Waals surface area (Å²) < 4.78 is 0. The Morgan fingerprint density at radius 3 is 2.05 bits per heavy atom. The second-order valence-corrected chi connectivity index (χ2v) is 6.01. The van der Waals surface area contributed by atoms with Gasteiger partial charge in [-0.3, -0.25) is 4.90 Å². The first-order chi connectivity index (χ1) is 10.6. The maximum absolute atomic E-state index is 5.72. The normalized spacial score (nSPS) is 16.2. The summed E-state index contributed by atoms with van der Waals surface area (Å²) in [5, 5.41) is 0. The first-order valence-corrected chi connectivity index (χ1v) is 7.80. The van der Waals surface area contributed by atoms with Crippen molar-refractivity contribution >= 4 is 11.6 Å². The highest BCUT2D eigenvalue weighted by atomic mass is 15.3. The standard InChI is InChI=1S/C17H23N5/c1-13(2)21-7-9-22(10-8-21)17-19-11-15(12-20-17)14-3-5-16(18)6-4-14/h3-6,11-13H,7-10,18H2,1-2H3. The second kappa shape index (κ2) is 6.32. The van der Waals surface area contributed by atoms with Crippen LogP contribution in [0.4, 0.5) is 11.6 Å². The number of hydrogen-bond donors (Lipinski definition) is 1. The SMILES string of the molecule is CC(C)N1CCN(c2ncc(-c3ccc(N)cc3)cn2)CC1. The second-order valence-electron chi connectivity index (χ2n) is 6.01. The molecule has 1 aromatic heterocycles. The van der Waals surface area contributed by atoms with Gasteiger partial charge in [0.2, 0.25) is 5.95 Å². The largest absolute Gasteiger partial charge is 0.399 e. The highest BCUT2D eigenvalue weighted by Crippen LogP contribution is 2.20. The van der Waals surface area contributed by atoms with Crippen LogP contribution in [-0.4, -0.2) is 47.1 Å². The third-order valence-electron chi connectivity index (χ3n) is 4.21. The smallest absolute Gasteiger partial charge is 0.225 e. The summed E-state index contributed by atoms with van der Waals surface area (Å²) in [5.41, 5.74) is 8.59. The first kappa shape index (κ1) is 14.8. The molecule has 0 unspecified atom stereocenters. The Labute approximate surface area is 131 Å². The molecule has 2 aromatic rings. The van der Waals surface area contributed by atoms with Crippen LogP contribution in [0.25, 0.3) is 11.1 Å². The molecule has 1 aliphatic heterocycles. The van der Waals surface area contributed by atoms with E-state index in [2.05, 4.69) is 33.6 Å². The van der Waals surface area contributed by atoms with Gasteiger partial charge in [-0.25, -0.2) is 9.97 Å². The fourth-order valence-electron chi connectivity index (χ4n) is 2.75. The van der Waals surface area contributed by atoms with Crippen LogP contribution in [0, 0.1) is 0 Å². The predicted octanol–water partition coefficient (Wildman–Crippen LogP) is 2.26. The molecule has 1 aromatic carbocycles. The lowest BCUT2D eigenvalue weighted by Gasteiger charge is -2.36. The van der Waals surface area contributed by atoms with Crippen LogP contribution in [0.15, 0.2) is 36.7 Å². The number of hydrogen-bond acceptors (Lipinski definition) is 5. The summed E-state index contributed by atoms with van der Waals surface area (Å²) in [5.74, 6) is 0.822. The molecule has 0 aliphatic carbocycles. The fourth-order valence-corrected chi connectivity index (χ4v) is 2.75. The third kappa shape index (κ3) is 3.20. The number of rotatable bonds is 3. The predicted molar refractivity (Wildman–Crippen MR) is 90.8 cm³/mol. The summed E-state index contributed by atoms with van der Waals surface area (Å²) >= 11 is 0. The van der Waals surface area contributed by atoms with Crippen LogP contribution in [0.3, 0.4) is 0 Å². The van der Waals surface area contributed by atoms with Gasteiger partial charge < -0.3 is 10.6 Å². The average Bonchev–Trinajstić information content (AvgIpc) is 2.56. The molecular formula is C17H23N5. The van der Waals surface area contributed by atoms with E-state index in [1.807, 2.05) is 36.7 Å². The number of nitrogens with zero attached hydrogens (tertiary/aromatic N) is 4. The van der Waals surface area contributed by atoms with Crippen molar-refractivity contribution in [2.75, 3.05) is 36.8 Å². The number of nitrogen functional groups attached to an aromatic ring is 1. The van der Waals surface area contributed by atoms with Crippen LogP contribution in [0.5, 0.6) is 0 Å². The lowest BCUT2D eigenvalue weighted by Crippen LogP contribution is -2.49. The fraction of sp³-hybridized carbons (Fsp3) is 0.412. The van der Waals surface area contributed by atoms with Gasteiger partial charge in [-0.2, -0.15) is 0 Å². The molecule has 1 saturated heterocycles. The minimum absolute atomic E-state index is 0.607. The van der Waals surface area contributed by atoms with Gasteiger partial charge in [-0.1, -0.05) is 12.1 Å². The van der Waals surface area contributed by atoms with E-state index in [-0.39, 0.29) is 0 Å². The molecular weight excluding hydrogens is 274 g/mol. The first-order valence-electron chi connectivity index (χ1n) is 7.80. The zero-order valence-corrected chi connectivity index (χ0v) is 13.2. The van der Waals surface area contributed by atoms with E-state index < -0.39 is 0 Å². The highest BCUT2D eigenvalue weighted by Gasteiger charge is 2.20. The maximum Gasteiger partial charge on any atom is 0.225 e. The number of aromatic nitrogens is 2. The van der Waals surface area contributed by atoms with Crippen molar-refractivity contribution in [3.63, 3.8) is 0 Å². The van der Waals surface area contributed by atoms with E-state index in [1.165, 1.54) is 0 Å². The van der Waals surface area contributed by atoms with Gasteiger partial charge in [0, 0.05) is 55.9 Å². The molecule has 0 radical (unpaired) electrons. The van der Waals surface area contributed by atoms with Gasteiger partial charge in [0.25, 0.3) is 0 Å². The highest BCUT2D eigenvalue weighted by molar-refractivity contribution is 5.64. The average molecular weight is 297 g/mol. The van der Waals surface area contributed by atoms with Crippen LogP contribution in [0.2, 0.25) is 0 Å². The molecule has 116 valence electrons. The quantitative estimate of drug-likeness (QED) is 0.881. The van der Waals surface area contributed by atoms with Gasteiger partial charge in [0.15, 0.2) is 0 Å². The van der Waals surface area contributed by atoms with Crippen molar-refractivity contribution in [1.29, 1.82) is 0 Å². The Balaban J connectivity index is 1.68. The molecule has 0 spiro atoms. The van der Waals surface area contributed by atoms with Gasteiger partial charge in [0.05, 0.1) is 0 Å². The Hall–Kier alpha value is -2.14. The monoisotopic (exact) mass is 297 g/mol. The molecule has 2 heterocycles. The lowest BCUT2D eigenvalue weighted by molar-refractivity contribution is 0.208. The number of piperazine rings is 1. The van der Waals surface area contributed by atoms with Crippen molar-refractivity contribution in [1.82, 2.24) is 14.9 Å². The minimum atomic E-state index is 0.607. The Morgan fingerprint density at radius 2 is 1.50 bits per heavy atom. The molecule has 1 fully saturated rings. The molecule has 0 saturated carbocycles. The van der Waals surface area contributed by atoms with Crippen LogP contribution < -0.4 is 10.6 Å². The molecule has 0 bridgehead atoms. The number of nitrogens with two attached hydrogens (primary N) is 1. The Morgan fingerprint density at radius 1 is 0.909 bits per heavy atom. The number of anilines is 2. The van der Waals surface area contributed by atoms with Crippen LogP contribution in [-0.2, 0) is 0 Å². The third-order valence-corrected chi connectivity index (χ3v) is 4.21. The van der Waals surface area contributed by atoms with E-state index in [1.54, 1.807) is 0 Å². The van der Waals surface area contributed by atoms with Gasteiger partial charge in [0.1, 0.15) is 0 Å². The van der Waals surface area contributed by atoms with Crippen molar-refractivity contribution in [3.05, 3.63) is 36.7 Å². The molecule has 1 aliphatic rings. The molecule has 5 heteroatoms. The summed E-state index contributed by atoms with van der Waals surface area (Å²) in [6, 6.07) is 8.39. The lowest BCUT2D eigenvalue weighted by atomic mass is 10.1. The van der Waals surface area contributed by atoms with Gasteiger partial charge in [-0.05, 0) is 31.5 Å². The number of benzene rings is 1. The maximum atomic E-state index is 5.72. The van der Waals surface area contributed by atoms with Crippen molar-refractivity contribution in [2.45, 2.75) is 19.9 Å². The summed E-state index contributed by atoms with van der Waals surface area (Å²) in [7, 11) is 0. The zero-order chi connectivity index (χ0) is 15.5. The molecule has 0 atom stereocenters. The molecule has 0 amide bonds. The molecule has 2 N–H and O–H groups in total. The molecule has 5 nitrogen and oxygen atoms in total. The van der Waals surface area contributed by atoms with Crippen molar-refractivity contribution in [3.8, 4) is 11.1 Å². The van der Waals surface area contributed by atoms with Crippen LogP contribution >= 0.6 is 0 Å². The van der Waals surface area contributed by atoms with E-state index in [0.29, 0.717) is 6.04 Å². The van der Waals surface area contributed by atoms with Gasteiger partial charge >= 0.3 is 0 Å². The Bertz CT molecular complexity index is 598. The molecule has 22 heavy (non-hydrogen) atoms. The van der Waals surface area contributed by atoms with Crippen molar-refractivity contribution < 1.29 is 0 Å². The van der Waals surface area contributed by atoms with Crippen molar-refractivity contribution in [2.24, 2.45) is 0 Å². The zero-order valence-electron chi connectivity index (χ0n) is 13.2.